The summed E-state index contributed by atoms with van der Waals surface area (Å²) >= 11 is 0. The molecule has 0 radical (unpaired) electrons. The molecule has 1 fully saturated rings. The number of rotatable bonds is 6. The van der Waals surface area contributed by atoms with Crippen molar-refractivity contribution in [3.63, 3.8) is 0 Å². The van der Waals surface area contributed by atoms with E-state index in [1.54, 1.807) is 12.1 Å². The lowest BCUT2D eigenvalue weighted by atomic mass is 10.2. The summed E-state index contributed by atoms with van der Waals surface area (Å²) in [5, 5.41) is 19.3. The highest BCUT2D eigenvalue weighted by Gasteiger charge is 2.30. The van der Waals surface area contributed by atoms with Gasteiger partial charge < -0.3 is 5.11 Å². The van der Waals surface area contributed by atoms with Gasteiger partial charge in [-0.05, 0) is 18.4 Å². The van der Waals surface area contributed by atoms with Crippen LogP contribution in [0.3, 0.4) is 0 Å². The van der Waals surface area contributed by atoms with Crippen LogP contribution in [0.5, 0.6) is 0 Å². The molecule has 1 aliphatic rings. The molecular formula is C12H14N2O4. The lowest BCUT2D eigenvalue weighted by Gasteiger charge is -2.19. The van der Waals surface area contributed by atoms with Crippen LogP contribution in [0.2, 0.25) is 0 Å². The standard InChI is InChI=1S/C12H14N2O4/c15-12(16)8-13(10-5-6-10)7-9-1-3-11(4-2-9)14(17)18/h1-4,10H,5-8H2,(H,15,16). The van der Waals surface area contributed by atoms with Crippen molar-refractivity contribution in [1.82, 2.24) is 4.90 Å². The number of nitro groups is 1. The minimum absolute atomic E-state index is 0.0155. The van der Waals surface area contributed by atoms with E-state index >= 15 is 0 Å². The van der Waals surface area contributed by atoms with Crippen molar-refractivity contribution in [1.29, 1.82) is 0 Å². The number of non-ortho nitro benzene ring substituents is 1. The number of carbonyl (C=O) groups is 1. The summed E-state index contributed by atoms with van der Waals surface area (Å²) in [5.41, 5.74) is 0.948. The van der Waals surface area contributed by atoms with Crippen molar-refractivity contribution in [2.24, 2.45) is 0 Å². The predicted octanol–water partition coefficient (Wildman–Crippen LogP) is 1.64. The van der Waals surface area contributed by atoms with Crippen LogP contribution in [-0.4, -0.2) is 33.5 Å². The Morgan fingerprint density at radius 3 is 2.44 bits per heavy atom. The number of nitrogens with zero attached hydrogens (tertiary/aromatic N) is 2. The summed E-state index contributed by atoms with van der Waals surface area (Å²) in [7, 11) is 0. The molecule has 0 unspecified atom stereocenters. The Bertz CT molecular complexity index is 454. The van der Waals surface area contributed by atoms with Gasteiger partial charge in [0.05, 0.1) is 11.5 Å². The first kappa shape index (κ1) is 12.5. The fourth-order valence-corrected chi connectivity index (χ4v) is 1.89. The van der Waals surface area contributed by atoms with E-state index in [9.17, 15) is 14.9 Å². The highest BCUT2D eigenvalue weighted by molar-refractivity contribution is 5.69. The van der Waals surface area contributed by atoms with Crippen LogP contribution in [0.25, 0.3) is 0 Å². The lowest BCUT2D eigenvalue weighted by Crippen LogP contribution is -2.31. The van der Waals surface area contributed by atoms with Crippen molar-refractivity contribution in [2.75, 3.05) is 6.54 Å². The molecule has 1 aromatic carbocycles. The van der Waals surface area contributed by atoms with Crippen molar-refractivity contribution in [2.45, 2.75) is 25.4 Å². The molecule has 0 aromatic heterocycles. The molecule has 0 bridgehead atoms. The zero-order valence-electron chi connectivity index (χ0n) is 9.78. The molecule has 1 saturated carbocycles. The molecular weight excluding hydrogens is 236 g/mol. The van der Waals surface area contributed by atoms with Gasteiger partial charge in [-0.3, -0.25) is 19.8 Å². The number of nitro benzene ring substituents is 1. The number of benzene rings is 1. The maximum atomic E-state index is 10.7. The van der Waals surface area contributed by atoms with E-state index in [1.165, 1.54) is 12.1 Å². The highest BCUT2D eigenvalue weighted by atomic mass is 16.6. The van der Waals surface area contributed by atoms with Gasteiger partial charge in [0, 0.05) is 24.7 Å². The molecule has 1 aromatic rings. The van der Waals surface area contributed by atoms with E-state index in [2.05, 4.69) is 0 Å². The molecule has 0 amide bonds. The molecule has 1 aliphatic carbocycles. The van der Waals surface area contributed by atoms with Crippen LogP contribution < -0.4 is 0 Å². The van der Waals surface area contributed by atoms with Crippen molar-refractivity contribution >= 4 is 11.7 Å². The van der Waals surface area contributed by atoms with E-state index in [4.69, 9.17) is 5.11 Å². The number of hydrogen-bond acceptors (Lipinski definition) is 4. The Hall–Kier alpha value is -1.95. The smallest absolute Gasteiger partial charge is 0.317 e. The summed E-state index contributed by atoms with van der Waals surface area (Å²) in [5.74, 6) is -0.844. The van der Waals surface area contributed by atoms with Crippen molar-refractivity contribution in [3.05, 3.63) is 39.9 Å². The van der Waals surface area contributed by atoms with Crippen LogP contribution in [-0.2, 0) is 11.3 Å². The summed E-state index contributed by atoms with van der Waals surface area (Å²) in [6, 6.07) is 6.59. The van der Waals surface area contributed by atoms with Crippen molar-refractivity contribution in [3.8, 4) is 0 Å². The molecule has 0 atom stereocenters. The molecule has 2 rings (SSSR count). The largest absolute Gasteiger partial charge is 0.480 e. The van der Waals surface area contributed by atoms with E-state index in [1.807, 2.05) is 4.90 Å². The minimum Gasteiger partial charge on any atom is -0.480 e. The average Bonchev–Trinajstić information content (AvgIpc) is 3.12. The highest BCUT2D eigenvalue weighted by Crippen LogP contribution is 2.28. The fourth-order valence-electron chi connectivity index (χ4n) is 1.89. The summed E-state index contributed by atoms with van der Waals surface area (Å²) in [6.45, 7) is 0.538. The van der Waals surface area contributed by atoms with Crippen LogP contribution in [0, 0.1) is 10.1 Å². The average molecular weight is 250 g/mol. The minimum atomic E-state index is -0.844. The van der Waals surface area contributed by atoms with Gasteiger partial charge in [-0.15, -0.1) is 0 Å². The number of carboxylic acids is 1. The molecule has 0 spiro atoms. The van der Waals surface area contributed by atoms with Gasteiger partial charge >= 0.3 is 5.97 Å². The molecule has 96 valence electrons. The Morgan fingerprint density at radius 2 is 2.00 bits per heavy atom. The van der Waals surface area contributed by atoms with Crippen LogP contribution in [0.1, 0.15) is 18.4 Å². The second kappa shape index (κ2) is 5.14. The topological polar surface area (TPSA) is 83.7 Å². The zero-order chi connectivity index (χ0) is 13.1. The Morgan fingerprint density at radius 1 is 1.39 bits per heavy atom. The van der Waals surface area contributed by atoms with E-state index in [-0.39, 0.29) is 12.2 Å². The van der Waals surface area contributed by atoms with Crippen molar-refractivity contribution < 1.29 is 14.8 Å². The van der Waals surface area contributed by atoms with E-state index < -0.39 is 10.9 Å². The quantitative estimate of drug-likeness (QED) is 0.613. The first-order valence-electron chi connectivity index (χ1n) is 5.75. The van der Waals surface area contributed by atoms with Gasteiger partial charge in [0.25, 0.3) is 5.69 Å². The summed E-state index contributed by atoms with van der Waals surface area (Å²) in [4.78, 5) is 22.7. The van der Waals surface area contributed by atoms with Gasteiger partial charge in [0.15, 0.2) is 0 Å². The molecule has 6 nitrogen and oxygen atoms in total. The third-order valence-electron chi connectivity index (χ3n) is 2.93. The molecule has 0 heterocycles. The normalized spacial score (nSPS) is 14.7. The zero-order valence-corrected chi connectivity index (χ0v) is 9.78. The first-order valence-corrected chi connectivity index (χ1v) is 5.75. The maximum Gasteiger partial charge on any atom is 0.317 e. The number of aliphatic carboxylic acids is 1. The fraction of sp³-hybridized carbons (Fsp3) is 0.417. The predicted molar refractivity (Wildman–Crippen MR) is 64.2 cm³/mol. The monoisotopic (exact) mass is 250 g/mol. The summed E-state index contributed by atoms with van der Waals surface area (Å²) < 4.78 is 0. The molecule has 0 aliphatic heterocycles. The van der Waals surface area contributed by atoms with Crippen LogP contribution in [0.15, 0.2) is 24.3 Å². The third-order valence-corrected chi connectivity index (χ3v) is 2.93. The first-order chi connectivity index (χ1) is 8.56. The SMILES string of the molecule is O=C(O)CN(Cc1ccc([N+](=O)[O-])cc1)C1CC1. The Balaban J connectivity index is 2.02. The Labute approximate surface area is 104 Å². The van der Waals surface area contributed by atoms with Gasteiger partial charge in [-0.2, -0.15) is 0 Å². The third kappa shape index (κ3) is 3.27. The van der Waals surface area contributed by atoms with E-state index in [0.717, 1.165) is 18.4 Å². The Kier molecular flexibility index (Phi) is 3.57. The van der Waals surface area contributed by atoms with E-state index in [0.29, 0.717) is 12.6 Å². The molecule has 6 heteroatoms. The second-order valence-electron chi connectivity index (χ2n) is 4.45. The second-order valence-corrected chi connectivity index (χ2v) is 4.45. The number of carboxylic acid groups (broad SMARTS) is 1. The van der Waals surface area contributed by atoms with Gasteiger partial charge in [-0.1, -0.05) is 12.1 Å². The molecule has 1 N–H and O–H groups in total. The number of hydrogen-bond donors (Lipinski definition) is 1. The molecule has 18 heavy (non-hydrogen) atoms. The van der Waals surface area contributed by atoms with Crippen LogP contribution >= 0.6 is 0 Å². The van der Waals surface area contributed by atoms with Gasteiger partial charge in [-0.25, -0.2) is 0 Å². The lowest BCUT2D eigenvalue weighted by molar-refractivity contribution is -0.384. The van der Waals surface area contributed by atoms with Crippen LogP contribution in [0.4, 0.5) is 5.69 Å². The van der Waals surface area contributed by atoms with Gasteiger partial charge in [0.2, 0.25) is 0 Å². The summed E-state index contributed by atoms with van der Waals surface area (Å²) in [6.07, 6.45) is 2.06. The van der Waals surface area contributed by atoms with Gasteiger partial charge in [0.1, 0.15) is 0 Å². The molecule has 0 saturated heterocycles. The maximum absolute atomic E-state index is 10.7.